The van der Waals surface area contributed by atoms with Gasteiger partial charge in [0, 0.05) is 25.3 Å². The van der Waals surface area contributed by atoms with Crippen LogP contribution in [0.4, 0.5) is 0 Å². The van der Waals surface area contributed by atoms with Gasteiger partial charge in [-0.1, -0.05) is 79.9 Å². The van der Waals surface area contributed by atoms with Crippen LogP contribution in [-0.4, -0.2) is 49.6 Å². The van der Waals surface area contributed by atoms with Gasteiger partial charge in [0.1, 0.15) is 12.1 Å². The van der Waals surface area contributed by atoms with E-state index in [9.17, 15) is 19.2 Å². The number of hydrogen-bond donors (Lipinski definition) is 2. The minimum atomic E-state index is -0.584. The summed E-state index contributed by atoms with van der Waals surface area (Å²) in [5, 5.41) is 6.33. The Morgan fingerprint density at radius 1 is 0.782 bits per heavy atom. The third-order valence-corrected chi connectivity index (χ3v) is 17.2. The lowest BCUT2D eigenvalue weighted by Crippen LogP contribution is -2.67. The molecule has 0 heterocycles. The van der Waals surface area contributed by atoms with Crippen molar-refractivity contribution in [2.75, 3.05) is 13.7 Å². The first kappa shape index (κ1) is 43.7. The van der Waals surface area contributed by atoms with Crippen LogP contribution < -0.4 is 10.6 Å². The Hall–Kier alpha value is -2.38. The fourth-order valence-corrected chi connectivity index (χ4v) is 14.3. The fraction of sp³-hybridized carbons (Fsp3) is 0.872. The summed E-state index contributed by atoms with van der Waals surface area (Å²) in [7, 11) is 1.36. The van der Waals surface area contributed by atoms with E-state index in [0.29, 0.717) is 49.0 Å². The van der Waals surface area contributed by atoms with E-state index < -0.39 is 6.04 Å². The molecule has 312 valence electrons. The zero-order valence-corrected chi connectivity index (χ0v) is 36.5. The Balaban J connectivity index is 1.18. The SMILES string of the molecule is C=C(C)C1CC[C@]2(C(=O)NCCCCCCCC(=O)NC(CC(C)C)C(=O)OC)CC[C@]3(C)[C@H](CCC4[C@@]5(C)CC[C@H](OC(C)=O)C(C)(C)[C@@H]5CC[C@]43C)[C@@H]12. The molecule has 5 fully saturated rings. The first-order valence-electron chi connectivity index (χ1n) is 22.3. The smallest absolute Gasteiger partial charge is 0.328 e. The molecule has 8 heteroatoms. The third kappa shape index (κ3) is 8.05. The van der Waals surface area contributed by atoms with Crippen molar-refractivity contribution in [2.45, 2.75) is 184 Å². The van der Waals surface area contributed by atoms with Gasteiger partial charge in [-0.05, 0) is 142 Å². The molecule has 0 radical (unpaired) electrons. The second-order valence-corrected chi connectivity index (χ2v) is 20.8. The van der Waals surface area contributed by atoms with Crippen LogP contribution in [0.2, 0.25) is 0 Å². The molecular weight excluding hydrogens is 689 g/mol. The number of fused-ring (bicyclic) bond motifs is 7. The van der Waals surface area contributed by atoms with Crippen LogP contribution in [0.25, 0.3) is 0 Å². The van der Waals surface area contributed by atoms with Crippen molar-refractivity contribution in [1.82, 2.24) is 10.6 Å². The number of unbranched alkanes of at least 4 members (excludes halogenated alkanes) is 4. The predicted molar refractivity (Wildman–Crippen MR) is 219 cm³/mol. The summed E-state index contributed by atoms with van der Waals surface area (Å²) in [6.45, 7) is 25.6. The summed E-state index contributed by atoms with van der Waals surface area (Å²) < 4.78 is 10.8. The first-order chi connectivity index (χ1) is 25.8. The molecule has 0 aliphatic heterocycles. The average molecular weight is 767 g/mol. The van der Waals surface area contributed by atoms with Gasteiger partial charge in [0.05, 0.1) is 12.5 Å². The summed E-state index contributed by atoms with van der Waals surface area (Å²) in [6.07, 6.45) is 16.7. The quantitative estimate of drug-likeness (QED) is 0.0976. The number of hydrogen-bond acceptors (Lipinski definition) is 6. The van der Waals surface area contributed by atoms with Gasteiger partial charge >= 0.3 is 11.9 Å². The second-order valence-electron chi connectivity index (χ2n) is 20.8. The maximum absolute atomic E-state index is 14.5. The van der Waals surface area contributed by atoms with Crippen molar-refractivity contribution in [1.29, 1.82) is 0 Å². The third-order valence-electron chi connectivity index (χ3n) is 17.2. The number of carbonyl (C=O) groups is 4. The van der Waals surface area contributed by atoms with Crippen LogP contribution in [0.1, 0.15) is 171 Å². The molecule has 5 aliphatic carbocycles. The Bertz CT molecular complexity index is 1440. The normalized spacial score (nSPS) is 38.0. The van der Waals surface area contributed by atoms with E-state index in [1.807, 2.05) is 13.8 Å². The van der Waals surface area contributed by atoms with Crippen molar-refractivity contribution in [2.24, 2.45) is 62.6 Å². The standard InChI is InChI=1S/C47H78N2O6/c1-30(2)29-35(41(52)54-11)49-39(51)17-15-13-12-14-16-28-48-42(53)47-25-20-33(31(3)4)40(47)34-18-19-37-44(8)23-22-38(55-32(5)50)43(6,7)36(44)21-24-46(37,10)45(34,9)26-27-47/h30,33-38,40H,3,12-29H2,1-2,4-11H3,(H,48,53)(H,49,51)/t33?,34-,35?,36+,37?,38+,40-,44+,45-,46-,47+/m1/s1. The molecule has 0 saturated heterocycles. The van der Waals surface area contributed by atoms with E-state index in [0.717, 1.165) is 70.6 Å². The Morgan fingerprint density at radius 3 is 2.13 bits per heavy atom. The highest BCUT2D eigenvalue weighted by molar-refractivity contribution is 5.84. The molecule has 2 N–H and O–H groups in total. The lowest BCUT2D eigenvalue weighted by atomic mass is 9.32. The molecule has 0 aromatic heterocycles. The maximum Gasteiger partial charge on any atom is 0.328 e. The largest absolute Gasteiger partial charge is 0.467 e. The molecule has 0 aromatic rings. The van der Waals surface area contributed by atoms with Crippen LogP contribution >= 0.6 is 0 Å². The topological polar surface area (TPSA) is 111 Å². The minimum absolute atomic E-state index is 0.00989. The van der Waals surface area contributed by atoms with Gasteiger partial charge in [0.2, 0.25) is 11.8 Å². The molecule has 2 amide bonds. The number of amides is 2. The summed E-state index contributed by atoms with van der Waals surface area (Å²) in [5.74, 6) is 2.33. The molecule has 0 spiro atoms. The predicted octanol–water partition coefficient (Wildman–Crippen LogP) is 9.74. The Labute approximate surface area is 334 Å². The van der Waals surface area contributed by atoms with Crippen molar-refractivity contribution in [3.63, 3.8) is 0 Å². The summed E-state index contributed by atoms with van der Waals surface area (Å²) in [6, 6.07) is -0.584. The van der Waals surface area contributed by atoms with E-state index in [-0.39, 0.29) is 62.8 Å². The molecule has 5 aliphatic rings. The monoisotopic (exact) mass is 767 g/mol. The molecule has 55 heavy (non-hydrogen) atoms. The average Bonchev–Trinajstić information content (AvgIpc) is 3.51. The number of nitrogens with one attached hydrogen (secondary N) is 2. The van der Waals surface area contributed by atoms with Crippen molar-refractivity contribution < 1.29 is 28.7 Å². The number of methoxy groups -OCH3 is 1. The van der Waals surface area contributed by atoms with E-state index in [2.05, 4.69) is 58.8 Å². The summed E-state index contributed by atoms with van der Waals surface area (Å²) in [4.78, 5) is 51.2. The van der Waals surface area contributed by atoms with Gasteiger partial charge in [-0.3, -0.25) is 14.4 Å². The van der Waals surface area contributed by atoms with Gasteiger partial charge in [-0.15, -0.1) is 0 Å². The highest BCUT2D eigenvalue weighted by Crippen LogP contribution is 2.77. The van der Waals surface area contributed by atoms with Gasteiger partial charge in [0.25, 0.3) is 0 Å². The highest BCUT2D eigenvalue weighted by Gasteiger charge is 2.72. The number of ether oxygens (including phenoxy) is 2. The molecular formula is C47H78N2O6. The molecule has 8 nitrogen and oxygen atoms in total. The van der Waals surface area contributed by atoms with Gasteiger partial charge in [-0.25, -0.2) is 4.79 Å². The number of rotatable bonds is 15. The highest BCUT2D eigenvalue weighted by atomic mass is 16.5. The van der Waals surface area contributed by atoms with E-state index in [1.54, 1.807) is 6.92 Å². The fourth-order valence-electron chi connectivity index (χ4n) is 14.3. The molecule has 5 saturated carbocycles. The number of carbonyl (C=O) groups excluding carboxylic acids is 4. The maximum atomic E-state index is 14.5. The zero-order chi connectivity index (χ0) is 40.6. The van der Waals surface area contributed by atoms with Crippen LogP contribution in [0.15, 0.2) is 12.2 Å². The van der Waals surface area contributed by atoms with Crippen LogP contribution in [0, 0.1) is 62.6 Å². The van der Waals surface area contributed by atoms with Crippen molar-refractivity contribution in [3.8, 4) is 0 Å². The first-order valence-corrected chi connectivity index (χ1v) is 22.3. The lowest BCUT2D eigenvalue weighted by molar-refractivity contribution is -0.248. The van der Waals surface area contributed by atoms with Gasteiger partial charge < -0.3 is 20.1 Å². The summed E-state index contributed by atoms with van der Waals surface area (Å²) >= 11 is 0. The van der Waals surface area contributed by atoms with Crippen LogP contribution in [0.3, 0.4) is 0 Å². The van der Waals surface area contributed by atoms with E-state index in [1.165, 1.54) is 38.4 Å². The van der Waals surface area contributed by atoms with E-state index >= 15 is 0 Å². The van der Waals surface area contributed by atoms with Gasteiger partial charge in [-0.2, -0.15) is 0 Å². The Morgan fingerprint density at radius 2 is 1.47 bits per heavy atom. The molecule has 5 rings (SSSR count). The van der Waals surface area contributed by atoms with Gasteiger partial charge in [0.15, 0.2) is 0 Å². The van der Waals surface area contributed by atoms with Crippen molar-refractivity contribution >= 4 is 23.8 Å². The molecule has 3 unspecified atom stereocenters. The Kier molecular flexibility index (Phi) is 13.4. The van der Waals surface area contributed by atoms with Crippen molar-refractivity contribution in [3.05, 3.63) is 12.2 Å². The van der Waals surface area contributed by atoms with E-state index in [4.69, 9.17) is 9.47 Å². The minimum Gasteiger partial charge on any atom is -0.467 e. The lowest BCUT2D eigenvalue weighted by Gasteiger charge is -2.72. The molecule has 0 aromatic carbocycles. The molecule has 11 atom stereocenters. The summed E-state index contributed by atoms with van der Waals surface area (Å²) in [5.41, 5.74) is 1.48. The van der Waals surface area contributed by atoms with Crippen LogP contribution in [-0.2, 0) is 28.7 Å². The second kappa shape index (κ2) is 16.8. The number of esters is 2. The zero-order valence-electron chi connectivity index (χ0n) is 36.5. The van der Waals surface area contributed by atoms with Crippen LogP contribution in [0.5, 0.6) is 0 Å². The molecule has 0 bridgehead atoms. The number of allylic oxidation sites excluding steroid dienone is 1.